The zero-order valence-electron chi connectivity index (χ0n) is 22.7. The highest BCUT2D eigenvalue weighted by molar-refractivity contribution is 5.96. The van der Waals surface area contributed by atoms with Crippen LogP contribution in [0.2, 0.25) is 0 Å². The van der Waals surface area contributed by atoms with E-state index < -0.39 is 11.1 Å². The van der Waals surface area contributed by atoms with Crippen LogP contribution in [0.5, 0.6) is 11.5 Å². The van der Waals surface area contributed by atoms with Gasteiger partial charge in [0.2, 0.25) is 0 Å². The molecule has 1 heterocycles. The normalized spacial score (nSPS) is 15.1. The van der Waals surface area contributed by atoms with E-state index in [4.69, 9.17) is 25.3 Å². The molecule has 1 fully saturated rings. The van der Waals surface area contributed by atoms with Gasteiger partial charge in [0.25, 0.3) is 0 Å². The van der Waals surface area contributed by atoms with E-state index in [0.717, 1.165) is 35.2 Å². The number of benzene rings is 2. The molecule has 0 spiro atoms. The number of aliphatic hydroxyl groups is 2. The summed E-state index contributed by atoms with van der Waals surface area (Å²) in [5, 5.41) is 21.1. The summed E-state index contributed by atoms with van der Waals surface area (Å²) in [4.78, 5) is 18.1. The number of rotatable bonds is 12. The van der Waals surface area contributed by atoms with Crippen LogP contribution in [-0.4, -0.2) is 41.3 Å². The second-order valence-corrected chi connectivity index (χ2v) is 10.8. The number of hydrogen-bond acceptors (Lipinski definition) is 7. The van der Waals surface area contributed by atoms with E-state index in [2.05, 4.69) is 0 Å². The maximum Gasteiger partial charge on any atom is 0.163 e. The molecular weight excluding hydrogens is 480 g/mol. The van der Waals surface area contributed by atoms with Crippen molar-refractivity contribution in [2.45, 2.75) is 57.6 Å². The van der Waals surface area contributed by atoms with Crippen LogP contribution >= 0.6 is 0 Å². The fourth-order valence-electron chi connectivity index (χ4n) is 4.66. The summed E-state index contributed by atoms with van der Waals surface area (Å²) in [6, 6.07) is 17.0. The summed E-state index contributed by atoms with van der Waals surface area (Å²) in [7, 11) is 1.50. The maximum absolute atomic E-state index is 13.2. The molecule has 1 aliphatic carbocycles. The van der Waals surface area contributed by atoms with Crippen LogP contribution < -0.4 is 15.2 Å². The van der Waals surface area contributed by atoms with E-state index in [1.807, 2.05) is 57.2 Å². The number of aromatic nitrogens is 1. The molecule has 0 aliphatic heterocycles. The molecule has 1 saturated carbocycles. The number of aliphatic hydroxyl groups excluding tert-OH is 1. The molecule has 1 unspecified atom stereocenters. The number of Topliss-reactive ketones (excluding diaryl/α,β-unsaturated/α-hetero) is 1. The van der Waals surface area contributed by atoms with Crippen LogP contribution in [0, 0.1) is 12.8 Å². The standard InChI is InChI=1S/C31H38N2O5/c1-20-5-7-21(8-6-20)25-18-24(30(2,3)32)19-29(33-25)31(36,23-10-11-23)14-13-26(35)22-9-12-27(38-16-15-34)28(17-22)37-4/h5-9,12,17-19,23,34,36H,10-11,13-16,32H2,1-4H3. The summed E-state index contributed by atoms with van der Waals surface area (Å²) in [5.41, 5.74) is 9.40. The van der Waals surface area contributed by atoms with Crippen LogP contribution in [0.15, 0.2) is 54.6 Å². The second-order valence-electron chi connectivity index (χ2n) is 10.8. The van der Waals surface area contributed by atoms with Crippen molar-refractivity contribution in [3.8, 4) is 22.8 Å². The van der Waals surface area contributed by atoms with Crippen LogP contribution in [0.1, 0.15) is 66.7 Å². The molecule has 38 heavy (non-hydrogen) atoms. The molecule has 1 atom stereocenters. The Balaban J connectivity index is 1.63. The minimum atomic E-state index is -1.25. The van der Waals surface area contributed by atoms with Crippen LogP contribution in [0.25, 0.3) is 11.3 Å². The Morgan fingerprint density at radius 2 is 1.79 bits per heavy atom. The van der Waals surface area contributed by atoms with Crippen molar-refractivity contribution in [2.24, 2.45) is 11.7 Å². The lowest BCUT2D eigenvalue weighted by atomic mass is 9.83. The van der Waals surface area contributed by atoms with Gasteiger partial charge in [-0.15, -0.1) is 0 Å². The molecule has 3 aromatic rings. The van der Waals surface area contributed by atoms with Gasteiger partial charge in [0.05, 0.1) is 25.1 Å². The number of nitrogens with two attached hydrogens (primary N) is 1. The molecule has 0 saturated heterocycles. The van der Waals surface area contributed by atoms with E-state index >= 15 is 0 Å². The fraction of sp³-hybridized carbons (Fsp3) is 0.419. The van der Waals surface area contributed by atoms with E-state index in [9.17, 15) is 9.90 Å². The van der Waals surface area contributed by atoms with Gasteiger partial charge in [0.1, 0.15) is 12.2 Å². The van der Waals surface area contributed by atoms with Crippen molar-refractivity contribution in [1.29, 1.82) is 0 Å². The number of methoxy groups -OCH3 is 1. The Kier molecular flexibility index (Phi) is 8.21. The summed E-state index contributed by atoms with van der Waals surface area (Å²) < 4.78 is 10.8. The third-order valence-corrected chi connectivity index (χ3v) is 7.18. The van der Waals surface area contributed by atoms with Gasteiger partial charge in [0.15, 0.2) is 17.3 Å². The monoisotopic (exact) mass is 518 g/mol. The van der Waals surface area contributed by atoms with Gasteiger partial charge in [-0.2, -0.15) is 0 Å². The number of carbonyl (C=O) groups is 1. The van der Waals surface area contributed by atoms with Gasteiger partial charge in [-0.3, -0.25) is 4.79 Å². The SMILES string of the molecule is COc1cc(C(=O)CCC(O)(c2cc(C(C)(C)N)cc(-c3ccc(C)cc3)n2)C2CC2)ccc1OCCO. The Morgan fingerprint density at radius 3 is 2.39 bits per heavy atom. The highest BCUT2D eigenvalue weighted by Crippen LogP contribution is 2.49. The predicted octanol–water partition coefficient (Wildman–Crippen LogP) is 4.89. The minimum absolute atomic E-state index is 0.0357. The van der Waals surface area contributed by atoms with Gasteiger partial charge < -0.3 is 25.4 Å². The third kappa shape index (κ3) is 6.23. The largest absolute Gasteiger partial charge is 0.493 e. The van der Waals surface area contributed by atoms with Crippen molar-refractivity contribution in [2.75, 3.05) is 20.3 Å². The Morgan fingerprint density at radius 1 is 1.08 bits per heavy atom. The number of hydrogen-bond donors (Lipinski definition) is 3. The summed E-state index contributed by atoms with van der Waals surface area (Å²) in [6.07, 6.45) is 2.15. The molecule has 4 rings (SSSR count). The van der Waals surface area contributed by atoms with E-state index in [0.29, 0.717) is 22.8 Å². The third-order valence-electron chi connectivity index (χ3n) is 7.18. The van der Waals surface area contributed by atoms with Crippen LogP contribution in [-0.2, 0) is 11.1 Å². The first kappa shape index (κ1) is 27.8. The highest BCUT2D eigenvalue weighted by atomic mass is 16.5. The van der Waals surface area contributed by atoms with Crippen molar-refractivity contribution in [3.63, 3.8) is 0 Å². The van der Waals surface area contributed by atoms with Gasteiger partial charge in [-0.25, -0.2) is 4.98 Å². The number of carbonyl (C=O) groups excluding carboxylic acids is 1. The quantitative estimate of drug-likeness (QED) is 0.292. The fourth-order valence-corrected chi connectivity index (χ4v) is 4.66. The van der Waals surface area contributed by atoms with E-state index in [-0.39, 0.29) is 37.8 Å². The van der Waals surface area contributed by atoms with Crippen molar-refractivity contribution in [3.05, 3.63) is 77.0 Å². The molecule has 4 N–H and O–H groups in total. The number of nitrogens with zero attached hydrogens (tertiary/aromatic N) is 1. The van der Waals surface area contributed by atoms with E-state index in [1.54, 1.807) is 18.2 Å². The molecule has 7 heteroatoms. The van der Waals surface area contributed by atoms with Gasteiger partial charge in [-0.1, -0.05) is 29.8 Å². The van der Waals surface area contributed by atoms with Crippen molar-refractivity contribution < 1.29 is 24.5 Å². The predicted molar refractivity (Wildman–Crippen MR) is 147 cm³/mol. The molecule has 1 aromatic heterocycles. The molecule has 2 aromatic carbocycles. The van der Waals surface area contributed by atoms with E-state index in [1.165, 1.54) is 7.11 Å². The lowest BCUT2D eigenvalue weighted by molar-refractivity contribution is -0.00118. The lowest BCUT2D eigenvalue weighted by Crippen LogP contribution is -2.33. The first-order valence-corrected chi connectivity index (χ1v) is 13.1. The molecule has 202 valence electrons. The first-order chi connectivity index (χ1) is 18.0. The second kappa shape index (κ2) is 11.2. The summed E-state index contributed by atoms with van der Waals surface area (Å²) >= 11 is 0. The van der Waals surface area contributed by atoms with Gasteiger partial charge in [0, 0.05) is 23.1 Å². The zero-order chi connectivity index (χ0) is 27.5. The Labute approximate surface area is 224 Å². The molecule has 0 amide bonds. The molecule has 0 bridgehead atoms. The molecular formula is C31H38N2O5. The molecule has 0 radical (unpaired) electrons. The lowest BCUT2D eigenvalue weighted by Gasteiger charge is -2.30. The number of aryl methyl sites for hydroxylation is 1. The van der Waals surface area contributed by atoms with Crippen molar-refractivity contribution in [1.82, 2.24) is 4.98 Å². The number of ketones is 1. The minimum Gasteiger partial charge on any atom is -0.493 e. The van der Waals surface area contributed by atoms with Gasteiger partial charge >= 0.3 is 0 Å². The Hall–Kier alpha value is -3.26. The summed E-state index contributed by atoms with van der Waals surface area (Å²) in [5.74, 6) is 0.810. The number of ether oxygens (including phenoxy) is 2. The molecule has 7 nitrogen and oxygen atoms in total. The van der Waals surface area contributed by atoms with Crippen LogP contribution in [0.4, 0.5) is 0 Å². The van der Waals surface area contributed by atoms with Crippen molar-refractivity contribution >= 4 is 5.78 Å². The average Bonchev–Trinajstić information content (AvgIpc) is 3.76. The molecule has 1 aliphatic rings. The highest BCUT2D eigenvalue weighted by Gasteiger charge is 2.46. The Bertz CT molecular complexity index is 1280. The topological polar surface area (TPSA) is 115 Å². The van der Waals surface area contributed by atoms with Gasteiger partial charge in [-0.05, 0) is 81.8 Å². The smallest absolute Gasteiger partial charge is 0.163 e. The first-order valence-electron chi connectivity index (χ1n) is 13.1. The summed E-state index contributed by atoms with van der Waals surface area (Å²) in [6.45, 7) is 5.93. The maximum atomic E-state index is 13.2. The zero-order valence-corrected chi connectivity index (χ0v) is 22.7. The van der Waals surface area contributed by atoms with Crippen LogP contribution in [0.3, 0.4) is 0 Å². The average molecular weight is 519 g/mol. The number of pyridine rings is 1.